The van der Waals surface area contributed by atoms with Crippen LogP contribution in [0.5, 0.6) is 0 Å². The first-order valence-corrected chi connectivity index (χ1v) is 7.29. The molecule has 3 N–H and O–H groups in total. The van der Waals surface area contributed by atoms with Gasteiger partial charge in [0, 0.05) is 12.0 Å². The van der Waals surface area contributed by atoms with Gasteiger partial charge in [-0.3, -0.25) is 9.59 Å². The number of alkyl halides is 3. The summed E-state index contributed by atoms with van der Waals surface area (Å²) in [5.41, 5.74) is 4.43. The molecule has 0 bridgehead atoms. The summed E-state index contributed by atoms with van der Waals surface area (Å²) >= 11 is 0. The van der Waals surface area contributed by atoms with Crippen LogP contribution in [0.3, 0.4) is 0 Å². The predicted molar refractivity (Wildman–Crippen MR) is 82.0 cm³/mol. The third-order valence-corrected chi connectivity index (χ3v) is 3.55. The van der Waals surface area contributed by atoms with Gasteiger partial charge in [-0.25, -0.2) is 8.78 Å². The number of hydrogen-bond acceptors (Lipinski definition) is 2. The van der Waals surface area contributed by atoms with E-state index in [9.17, 15) is 31.5 Å². The highest BCUT2D eigenvalue weighted by atomic mass is 19.4. The summed E-state index contributed by atoms with van der Waals surface area (Å²) in [7, 11) is 0. The van der Waals surface area contributed by atoms with Crippen molar-refractivity contribution >= 4 is 11.8 Å². The average molecular weight is 372 g/mol. The molecule has 2 aromatic rings. The SMILES string of the molecule is NC(=O)[C@H](Cc1ccc(C(F)(F)F)cc1)NC(=O)c1ccc(F)c(F)c1. The fourth-order valence-corrected chi connectivity index (χ4v) is 2.17. The van der Waals surface area contributed by atoms with E-state index in [4.69, 9.17) is 5.73 Å². The van der Waals surface area contributed by atoms with Crippen LogP contribution in [-0.2, 0) is 17.4 Å². The summed E-state index contributed by atoms with van der Waals surface area (Å²) in [6.45, 7) is 0. The zero-order valence-electron chi connectivity index (χ0n) is 13.1. The minimum absolute atomic E-state index is 0.164. The van der Waals surface area contributed by atoms with Gasteiger partial charge in [0.15, 0.2) is 11.6 Å². The van der Waals surface area contributed by atoms with Crippen molar-refractivity contribution in [2.24, 2.45) is 5.73 Å². The second-order valence-electron chi connectivity index (χ2n) is 5.46. The number of carbonyl (C=O) groups is 2. The molecule has 0 saturated heterocycles. The van der Waals surface area contributed by atoms with Gasteiger partial charge in [0.2, 0.25) is 5.91 Å². The van der Waals surface area contributed by atoms with Crippen LogP contribution in [0, 0.1) is 11.6 Å². The Morgan fingerprint density at radius 3 is 2.12 bits per heavy atom. The lowest BCUT2D eigenvalue weighted by molar-refractivity contribution is -0.137. The van der Waals surface area contributed by atoms with Crippen molar-refractivity contribution in [1.82, 2.24) is 5.32 Å². The summed E-state index contributed by atoms with van der Waals surface area (Å²) in [6.07, 6.45) is -4.66. The number of primary amides is 1. The molecule has 0 aromatic heterocycles. The van der Waals surface area contributed by atoms with Crippen LogP contribution in [0.1, 0.15) is 21.5 Å². The highest BCUT2D eigenvalue weighted by Crippen LogP contribution is 2.29. The Labute approximate surface area is 144 Å². The monoisotopic (exact) mass is 372 g/mol. The molecular weight excluding hydrogens is 359 g/mol. The number of nitrogens with two attached hydrogens (primary N) is 1. The van der Waals surface area contributed by atoms with Crippen LogP contribution in [-0.4, -0.2) is 17.9 Å². The van der Waals surface area contributed by atoms with Crippen LogP contribution in [0.15, 0.2) is 42.5 Å². The van der Waals surface area contributed by atoms with E-state index < -0.39 is 41.2 Å². The summed E-state index contributed by atoms with van der Waals surface area (Å²) < 4.78 is 63.7. The van der Waals surface area contributed by atoms with E-state index in [2.05, 4.69) is 5.32 Å². The molecule has 138 valence electrons. The van der Waals surface area contributed by atoms with Gasteiger partial charge in [-0.15, -0.1) is 0 Å². The number of nitrogens with one attached hydrogen (secondary N) is 1. The molecule has 0 aliphatic heterocycles. The molecule has 0 heterocycles. The lowest BCUT2D eigenvalue weighted by atomic mass is 10.0. The molecule has 1 atom stereocenters. The highest BCUT2D eigenvalue weighted by Gasteiger charge is 2.30. The van der Waals surface area contributed by atoms with Crippen molar-refractivity contribution in [2.45, 2.75) is 18.6 Å². The van der Waals surface area contributed by atoms with E-state index in [1.807, 2.05) is 0 Å². The van der Waals surface area contributed by atoms with Gasteiger partial charge in [0.1, 0.15) is 6.04 Å². The normalized spacial score (nSPS) is 12.5. The first kappa shape index (κ1) is 19.4. The van der Waals surface area contributed by atoms with Crippen molar-refractivity contribution in [2.75, 3.05) is 0 Å². The van der Waals surface area contributed by atoms with E-state index in [0.717, 1.165) is 36.4 Å². The zero-order chi connectivity index (χ0) is 19.5. The standard InChI is InChI=1S/C17H13F5N2O2/c18-12-6-3-10(8-13(12)19)16(26)24-14(15(23)25)7-9-1-4-11(5-2-9)17(20,21)22/h1-6,8,14H,7H2,(H2,23,25)(H,24,26)/t14-/m0/s1. The molecule has 2 amide bonds. The van der Waals surface area contributed by atoms with Crippen LogP contribution >= 0.6 is 0 Å². The fraction of sp³-hybridized carbons (Fsp3) is 0.176. The molecule has 2 rings (SSSR count). The topological polar surface area (TPSA) is 72.2 Å². The molecule has 9 heteroatoms. The maximum absolute atomic E-state index is 13.2. The van der Waals surface area contributed by atoms with Crippen molar-refractivity contribution in [3.63, 3.8) is 0 Å². The summed E-state index contributed by atoms with van der Waals surface area (Å²) in [6, 6.07) is 5.16. The van der Waals surface area contributed by atoms with Crippen molar-refractivity contribution in [3.05, 3.63) is 70.8 Å². The Morgan fingerprint density at radius 2 is 1.62 bits per heavy atom. The maximum atomic E-state index is 13.2. The van der Waals surface area contributed by atoms with E-state index in [-0.39, 0.29) is 12.0 Å². The first-order chi connectivity index (χ1) is 12.1. The van der Waals surface area contributed by atoms with Gasteiger partial charge >= 0.3 is 6.18 Å². The van der Waals surface area contributed by atoms with Gasteiger partial charge in [-0.05, 0) is 35.9 Å². The summed E-state index contributed by atoms with van der Waals surface area (Å²) in [5.74, 6) is -4.19. The quantitative estimate of drug-likeness (QED) is 0.793. The summed E-state index contributed by atoms with van der Waals surface area (Å²) in [5, 5.41) is 2.25. The minimum atomic E-state index is -4.50. The van der Waals surface area contributed by atoms with Gasteiger partial charge in [0.25, 0.3) is 5.91 Å². The smallest absolute Gasteiger partial charge is 0.368 e. The molecule has 0 saturated carbocycles. The van der Waals surface area contributed by atoms with Crippen molar-refractivity contribution in [1.29, 1.82) is 0 Å². The maximum Gasteiger partial charge on any atom is 0.416 e. The van der Waals surface area contributed by atoms with Gasteiger partial charge in [0.05, 0.1) is 5.56 Å². The Morgan fingerprint density at radius 1 is 1.00 bits per heavy atom. The van der Waals surface area contributed by atoms with E-state index in [1.165, 1.54) is 0 Å². The number of rotatable bonds is 5. The van der Waals surface area contributed by atoms with Crippen LogP contribution in [0.25, 0.3) is 0 Å². The van der Waals surface area contributed by atoms with E-state index in [0.29, 0.717) is 11.6 Å². The second-order valence-corrected chi connectivity index (χ2v) is 5.46. The van der Waals surface area contributed by atoms with E-state index >= 15 is 0 Å². The minimum Gasteiger partial charge on any atom is -0.368 e. The first-order valence-electron chi connectivity index (χ1n) is 7.29. The third kappa shape index (κ3) is 4.78. The largest absolute Gasteiger partial charge is 0.416 e. The lowest BCUT2D eigenvalue weighted by Crippen LogP contribution is -2.45. The Hall–Kier alpha value is -2.97. The number of carbonyl (C=O) groups excluding carboxylic acids is 2. The molecule has 26 heavy (non-hydrogen) atoms. The van der Waals surface area contributed by atoms with Crippen LogP contribution < -0.4 is 11.1 Å². The van der Waals surface area contributed by atoms with Gasteiger partial charge in [-0.1, -0.05) is 12.1 Å². The van der Waals surface area contributed by atoms with E-state index in [1.54, 1.807) is 0 Å². The Bertz CT molecular complexity index is 819. The molecule has 0 aliphatic carbocycles. The predicted octanol–water partition coefficient (Wildman–Crippen LogP) is 2.81. The second kappa shape index (κ2) is 7.51. The zero-order valence-corrected chi connectivity index (χ0v) is 13.1. The third-order valence-electron chi connectivity index (χ3n) is 3.55. The number of amides is 2. The summed E-state index contributed by atoms with van der Waals surface area (Å²) in [4.78, 5) is 23.6. The molecule has 0 spiro atoms. The molecule has 0 radical (unpaired) electrons. The molecular formula is C17H13F5N2O2. The van der Waals surface area contributed by atoms with Crippen molar-refractivity contribution < 1.29 is 31.5 Å². The van der Waals surface area contributed by atoms with Gasteiger partial charge in [-0.2, -0.15) is 13.2 Å². The van der Waals surface area contributed by atoms with Crippen LogP contribution in [0.4, 0.5) is 22.0 Å². The van der Waals surface area contributed by atoms with Crippen LogP contribution in [0.2, 0.25) is 0 Å². The molecule has 0 aliphatic rings. The van der Waals surface area contributed by atoms with Crippen molar-refractivity contribution in [3.8, 4) is 0 Å². The molecule has 0 fully saturated rings. The highest BCUT2D eigenvalue weighted by molar-refractivity contribution is 5.97. The Kier molecular flexibility index (Phi) is 5.59. The average Bonchev–Trinajstić information content (AvgIpc) is 2.56. The Balaban J connectivity index is 2.12. The number of benzene rings is 2. The molecule has 4 nitrogen and oxygen atoms in total. The fourth-order valence-electron chi connectivity index (χ4n) is 2.17. The lowest BCUT2D eigenvalue weighted by Gasteiger charge is -2.16. The van der Waals surface area contributed by atoms with Gasteiger partial charge < -0.3 is 11.1 Å². The number of hydrogen-bond donors (Lipinski definition) is 2. The molecule has 2 aromatic carbocycles. The molecule has 0 unspecified atom stereocenters. The number of halogens is 5.